The molecule has 0 aliphatic rings. The van der Waals surface area contributed by atoms with Gasteiger partial charge < -0.3 is 4.74 Å². The fourth-order valence-corrected chi connectivity index (χ4v) is 0.647. The third-order valence-corrected chi connectivity index (χ3v) is 1.10. The maximum absolute atomic E-state index is 12.7. The Morgan fingerprint density at radius 3 is 2.92 bits per heavy atom. The molecule has 1 rings (SSSR count). The fraction of sp³-hybridized carbons (Fsp3) is 0.125. The van der Waals surface area contributed by atoms with Gasteiger partial charge in [-0.25, -0.2) is 8.78 Å². The molecule has 61 valence electrons. The number of halogens is 2. The molecule has 0 atom stereocenters. The number of hydrogen-bond acceptors (Lipinski definition) is 2. The van der Waals surface area contributed by atoms with Gasteiger partial charge in [0.1, 0.15) is 11.9 Å². The van der Waals surface area contributed by atoms with E-state index in [0.717, 1.165) is 6.07 Å². The molecular formula is C8H4F2NO. The number of benzene rings is 1. The van der Waals surface area contributed by atoms with Crippen LogP contribution in [0.2, 0.25) is 0 Å². The normalized spacial score (nSPS) is 9.08. The molecule has 12 heavy (non-hydrogen) atoms. The Morgan fingerprint density at radius 2 is 2.33 bits per heavy atom. The van der Waals surface area contributed by atoms with E-state index >= 15 is 0 Å². The highest BCUT2D eigenvalue weighted by molar-refractivity contribution is 5.23. The van der Waals surface area contributed by atoms with E-state index in [1.165, 1.54) is 0 Å². The molecule has 0 spiro atoms. The number of rotatable bonds is 2. The lowest BCUT2D eigenvalue weighted by molar-refractivity contribution is 0.344. The second-order valence-corrected chi connectivity index (χ2v) is 1.94. The van der Waals surface area contributed by atoms with Gasteiger partial charge in [-0.2, -0.15) is 5.26 Å². The first-order chi connectivity index (χ1) is 5.74. The Labute approximate surface area is 68.0 Å². The minimum absolute atomic E-state index is 0.238. The zero-order chi connectivity index (χ0) is 8.97. The van der Waals surface area contributed by atoms with Gasteiger partial charge in [0.05, 0.1) is 0 Å². The summed E-state index contributed by atoms with van der Waals surface area (Å²) in [5.41, 5.74) is 0. The van der Waals surface area contributed by atoms with Gasteiger partial charge in [0, 0.05) is 12.1 Å². The predicted molar refractivity (Wildman–Crippen MR) is 36.3 cm³/mol. The van der Waals surface area contributed by atoms with Crippen LogP contribution in [0.3, 0.4) is 0 Å². The molecule has 0 aliphatic heterocycles. The van der Waals surface area contributed by atoms with E-state index in [9.17, 15) is 8.78 Å². The van der Waals surface area contributed by atoms with Crippen molar-refractivity contribution in [3.8, 4) is 11.8 Å². The molecule has 0 saturated carbocycles. The standard InChI is InChI=1S/C8H4F2NO/c9-6-1-2-8(7(10)5-6)12-4-3-11/h1,5H,4H2. The summed E-state index contributed by atoms with van der Waals surface area (Å²) in [6, 6.07) is 5.48. The Bertz CT molecular complexity index is 319. The highest BCUT2D eigenvalue weighted by atomic mass is 19.1. The van der Waals surface area contributed by atoms with Crippen LogP contribution in [0.25, 0.3) is 0 Å². The lowest BCUT2D eigenvalue weighted by Gasteiger charge is -2.00. The maximum Gasteiger partial charge on any atom is 0.174 e. The summed E-state index contributed by atoms with van der Waals surface area (Å²) in [4.78, 5) is 0. The lowest BCUT2D eigenvalue weighted by Crippen LogP contribution is -1.96. The first-order valence-electron chi connectivity index (χ1n) is 3.10. The summed E-state index contributed by atoms with van der Waals surface area (Å²) in [5.74, 6) is -1.82. The molecule has 1 aromatic rings. The maximum atomic E-state index is 12.7. The van der Waals surface area contributed by atoms with E-state index in [0.29, 0.717) is 6.07 Å². The van der Waals surface area contributed by atoms with Crippen LogP contribution in [0.15, 0.2) is 12.1 Å². The zero-order valence-corrected chi connectivity index (χ0v) is 5.97. The van der Waals surface area contributed by atoms with Crippen molar-refractivity contribution >= 4 is 0 Å². The summed E-state index contributed by atoms with van der Waals surface area (Å²) in [5, 5.41) is 8.09. The predicted octanol–water partition coefficient (Wildman–Crippen LogP) is 1.67. The number of nitrogens with zero attached hydrogens (tertiary/aromatic N) is 1. The third kappa shape index (κ3) is 1.92. The van der Waals surface area contributed by atoms with Crippen molar-refractivity contribution in [1.82, 2.24) is 0 Å². The van der Waals surface area contributed by atoms with E-state index in [-0.39, 0.29) is 12.4 Å². The van der Waals surface area contributed by atoms with Crippen molar-refractivity contribution in [2.45, 2.75) is 0 Å². The smallest absolute Gasteiger partial charge is 0.174 e. The van der Waals surface area contributed by atoms with Crippen LogP contribution in [0, 0.1) is 29.0 Å². The van der Waals surface area contributed by atoms with Crippen molar-refractivity contribution in [2.24, 2.45) is 0 Å². The molecule has 0 aliphatic carbocycles. The average molecular weight is 168 g/mol. The van der Waals surface area contributed by atoms with Crippen LogP contribution in [-0.2, 0) is 0 Å². The van der Waals surface area contributed by atoms with Crippen LogP contribution in [-0.4, -0.2) is 6.61 Å². The summed E-state index contributed by atoms with van der Waals surface area (Å²) >= 11 is 0. The molecule has 0 unspecified atom stereocenters. The molecule has 0 amide bonds. The molecular weight excluding hydrogens is 164 g/mol. The van der Waals surface area contributed by atoms with Gasteiger partial charge in [0.15, 0.2) is 18.2 Å². The fourth-order valence-electron chi connectivity index (χ4n) is 0.647. The van der Waals surface area contributed by atoms with Crippen molar-refractivity contribution in [2.75, 3.05) is 6.61 Å². The molecule has 0 fully saturated rings. The van der Waals surface area contributed by atoms with E-state index < -0.39 is 11.6 Å². The van der Waals surface area contributed by atoms with E-state index in [4.69, 9.17) is 5.26 Å². The minimum atomic E-state index is -0.856. The van der Waals surface area contributed by atoms with Crippen LogP contribution >= 0.6 is 0 Å². The SMILES string of the molecule is N#CCOc1[c]cc(F)cc1F. The Kier molecular flexibility index (Phi) is 2.59. The van der Waals surface area contributed by atoms with Gasteiger partial charge in [-0.05, 0) is 6.07 Å². The summed E-state index contributed by atoms with van der Waals surface area (Å²) in [6.07, 6.45) is 0. The van der Waals surface area contributed by atoms with E-state index in [2.05, 4.69) is 10.8 Å². The van der Waals surface area contributed by atoms with Crippen molar-refractivity contribution < 1.29 is 13.5 Å². The van der Waals surface area contributed by atoms with Crippen molar-refractivity contribution in [1.29, 1.82) is 5.26 Å². The molecule has 1 aromatic carbocycles. The highest BCUT2D eigenvalue weighted by Crippen LogP contribution is 2.16. The molecule has 0 heterocycles. The molecule has 0 bridgehead atoms. The van der Waals surface area contributed by atoms with Gasteiger partial charge in [0.25, 0.3) is 0 Å². The zero-order valence-electron chi connectivity index (χ0n) is 5.97. The number of hydrogen-bond donors (Lipinski definition) is 0. The first-order valence-corrected chi connectivity index (χ1v) is 3.10. The highest BCUT2D eigenvalue weighted by Gasteiger charge is 2.03. The topological polar surface area (TPSA) is 33.0 Å². The molecule has 0 N–H and O–H groups in total. The second kappa shape index (κ2) is 3.67. The third-order valence-electron chi connectivity index (χ3n) is 1.10. The Hall–Kier alpha value is -1.63. The van der Waals surface area contributed by atoms with Crippen LogP contribution in [0.5, 0.6) is 5.75 Å². The summed E-state index contributed by atoms with van der Waals surface area (Å²) in [7, 11) is 0. The van der Waals surface area contributed by atoms with Crippen molar-refractivity contribution in [3.63, 3.8) is 0 Å². The minimum Gasteiger partial charge on any atom is -0.475 e. The van der Waals surface area contributed by atoms with Crippen LogP contribution in [0.4, 0.5) is 8.78 Å². The molecule has 0 saturated heterocycles. The van der Waals surface area contributed by atoms with Crippen molar-refractivity contribution in [3.05, 3.63) is 29.8 Å². The summed E-state index contributed by atoms with van der Waals surface area (Å²) < 4.78 is 29.5. The molecule has 2 nitrogen and oxygen atoms in total. The van der Waals surface area contributed by atoms with Crippen LogP contribution in [0.1, 0.15) is 0 Å². The van der Waals surface area contributed by atoms with Gasteiger partial charge in [-0.15, -0.1) is 0 Å². The largest absolute Gasteiger partial charge is 0.475 e. The number of nitriles is 1. The Morgan fingerprint density at radius 1 is 1.58 bits per heavy atom. The molecule has 4 heteroatoms. The van der Waals surface area contributed by atoms with E-state index in [1.807, 2.05) is 0 Å². The monoisotopic (exact) mass is 168 g/mol. The van der Waals surface area contributed by atoms with E-state index in [1.54, 1.807) is 6.07 Å². The van der Waals surface area contributed by atoms with Gasteiger partial charge in [0.2, 0.25) is 0 Å². The first kappa shape index (κ1) is 8.47. The molecule has 1 radical (unpaired) electrons. The van der Waals surface area contributed by atoms with Crippen LogP contribution < -0.4 is 4.74 Å². The molecule has 0 aromatic heterocycles. The quantitative estimate of drug-likeness (QED) is 0.672. The van der Waals surface area contributed by atoms with Gasteiger partial charge in [-0.3, -0.25) is 0 Å². The van der Waals surface area contributed by atoms with Gasteiger partial charge >= 0.3 is 0 Å². The number of ether oxygens (including phenoxy) is 1. The summed E-state index contributed by atoms with van der Waals surface area (Å²) in [6.45, 7) is -0.279. The lowest BCUT2D eigenvalue weighted by atomic mass is 10.3. The second-order valence-electron chi connectivity index (χ2n) is 1.94. The van der Waals surface area contributed by atoms with Gasteiger partial charge in [-0.1, -0.05) is 0 Å². The Balaban J connectivity index is 2.81. The average Bonchev–Trinajstić information content (AvgIpc) is 2.03.